The lowest BCUT2D eigenvalue weighted by Crippen LogP contribution is -2.13. The van der Waals surface area contributed by atoms with Crippen LogP contribution in [0.5, 0.6) is 0 Å². The Morgan fingerprint density at radius 2 is 0.870 bits per heavy atom. The van der Waals surface area contributed by atoms with Crippen LogP contribution in [0.4, 0.5) is 0 Å². The second-order valence-corrected chi connectivity index (χ2v) is 15.7. The van der Waals surface area contributed by atoms with Gasteiger partial charge in [-0.25, -0.2) is 0 Å². The molecule has 0 amide bonds. The predicted molar refractivity (Wildman–Crippen MR) is 205 cm³/mol. The summed E-state index contributed by atoms with van der Waals surface area (Å²) in [6.45, 7) is 0. The standard InChI is InChI=1S/C44H32S2/c1-3-13-33-29(9-1)31-11-5-7-15-35(31)39-25-27(17-19-37(33)39)41-21-23-43(45-41)44-24-22-42(46-44)28-18-20-38-34-14-4-2-10-30(34)32-12-6-8-16-36(32)40(38)26-28/h1-21,25-26,42-44H,22-24H2. The molecule has 0 N–H and O–H groups in total. The third-order valence-electron chi connectivity index (χ3n) is 10.4. The molecule has 0 nitrogen and oxygen atoms in total. The van der Waals surface area contributed by atoms with Crippen molar-refractivity contribution in [3.63, 3.8) is 0 Å². The number of allylic oxidation sites excluding steroid dienone is 1. The molecule has 3 atom stereocenters. The number of fused-ring (bicyclic) bond motifs is 12. The lowest BCUT2D eigenvalue weighted by molar-refractivity contribution is 0.715. The molecule has 2 heterocycles. The van der Waals surface area contributed by atoms with Crippen LogP contribution < -0.4 is 0 Å². The molecule has 2 aliphatic rings. The molecule has 3 unspecified atom stereocenters. The van der Waals surface area contributed by atoms with Crippen molar-refractivity contribution in [2.45, 2.75) is 35.0 Å². The lowest BCUT2D eigenvalue weighted by Gasteiger charge is -2.19. The van der Waals surface area contributed by atoms with E-state index in [9.17, 15) is 0 Å². The Labute approximate surface area is 277 Å². The highest BCUT2D eigenvalue weighted by Gasteiger charge is 2.35. The first-order chi connectivity index (χ1) is 22.8. The van der Waals surface area contributed by atoms with Gasteiger partial charge in [0, 0.05) is 20.7 Å². The van der Waals surface area contributed by atoms with E-state index in [1.165, 1.54) is 93.5 Å². The molecule has 2 aliphatic heterocycles. The minimum atomic E-state index is 0.560. The Hall–Kier alpha value is -4.24. The molecule has 220 valence electrons. The van der Waals surface area contributed by atoms with Crippen molar-refractivity contribution in [1.29, 1.82) is 0 Å². The van der Waals surface area contributed by atoms with Crippen LogP contribution in [0.1, 0.15) is 35.6 Å². The monoisotopic (exact) mass is 624 g/mol. The summed E-state index contributed by atoms with van der Waals surface area (Å²) in [6.07, 6.45) is 6.23. The summed E-state index contributed by atoms with van der Waals surface area (Å²) in [7, 11) is 0. The maximum absolute atomic E-state index is 2.51. The van der Waals surface area contributed by atoms with Crippen LogP contribution in [0.15, 0.2) is 140 Å². The third-order valence-corrected chi connectivity index (χ3v) is 13.9. The van der Waals surface area contributed by atoms with Crippen molar-refractivity contribution in [3.05, 3.63) is 151 Å². The first-order valence-corrected chi connectivity index (χ1v) is 18.3. The van der Waals surface area contributed by atoms with Crippen molar-refractivity contribution in [2.24, 2.45) is 0 Å². The SMILES string of the molecule is C1=C(c2ccc3c4ccccc4c4ccccc4c3c2)SC(C2CCC(c3ccc4c5ccccc5c5ccccc5c4c3)S2)C1. The molecule has 0 spiro atoms. The second kappa shape index (κ2) is 10.7. The van der Waals surface area contributed by atoms with Gasteiger partial charge in [0.25, 0.3) is 0 Å². The number of rotatable bonds is 3. The molecule has 0 bridgehead atoms. The van der Waals surface area contributed by atoms with E-state index in [-0.39, 0.29) is 0 Å². The fourth-order valence-corrected chi connectivity index (χ4v) is 11.4. The first kappa shape index (κ1) is 26.9. The van der Waals surface area contributed by atoms with E-state index in [4.69, 9.17) is 0 Å². The minimum Gasteiger partial charge on any atom is -0.149 e. The van der Waals surface area contributed by atoms with Gasteiger partial charge < -0.3 is 0 Å². The molecule has 0 aliphatic carbocycles. The summed E-state index contributed by atoms with van der Waals surface area (Å²) < 4.78 is 0. The fraction of sp³-hybridized carbons (Fsp3) is 0.136. The van der Waals surface area contributed by atoms with E-state index in [2.05, 4.69) is 163 Å². The van der Waals surface area contributed by atoms with Crippen LogP contribution in [0.2, 0.25) is 0 Å². The van der Waals surface area contributed by atoms with Crippen molar-refractivity contribution >= 4 is 93.1 Å². The summed E-state index contributed by atoms with van der Waals surface area (Å²) in [5, 5.41) is 18.2. The van der Waals surface area contributed by atoms with Crippen LogP contribution in [0, 0.1) is 0 Å². The highest BCUT2D eigenvalue weighted by Crippen LogP contribution is 2.53. The predicted octanol–water partition coefficient (Wildman–Crippen LogP) is 13.1. The first-order valence-electron chi connectivity index (χ1n) is 16.5. The normalized spacial score (nSPS) is 20.1. The zero-order chi connectivity index (χ0) is 30.2. The van der Waals surface area contributed by atoms with Crippen molar-refractivity contribution in [2.75, 3.05) is 0 Å². The van der Waals surface area contributed by atoms with Crippen LogP contribution >= 0.6 is 23.5 Å². The zero-order valence-electron chi connectivity index (χ0n) is 25.4. The largest absolute Gasteiger partial charge is 0.149 e. The van der Waals surface area contributed by atoms with Gasteiger partial charge >= 0.3 is 0 Å². The average molecular weight is 625 g/mol. The summed E-state index contributed by atoms with van der Waals surface area (Å²) in [5.41, 5.74) is 2.86. The van der Waals surface area contributed by atoms with Gasteiger partial charge in [-0.15, -0.1) is 23.5 Å². The quantitative estimate of drug-likeness (QED) is 0.179. The Bertz CT molecular complexity index is 2470. The Balaban J connectivity index is 0.938. The number of thioether (sulfide) groups is 2. The van der Waals surface area contributed by atoms with Gasteiger partial charge in [0.2, 0.25) is 0 Å². The van der Waals surface area contributed by atoms with Gasteiger partial charge in [-0.1, -0.05) is 127 Å². The topological polar surface area (TPSA) is 0 Å². The van der Waals surface area contributed by atoms with Gasteiger partial charge in [-0.05, 0) is 107 Å². The molecule has 1 fully saturated rings. The molecule has 8 aromatic rings. The molecular formula is C44H32S2. The Morgan fingerprint density at radius 1 is 0.413 bits per heavy atom. The minimum absolute atomic E-state index is 0.560. The van der Waals surface area contributed by atoms with Crippen LogP contribution in [0.25, 0.3) is 69.5 Å². The summed E-state index contributed by atoms with van der Waals surface area (Å²) in [5.74, 6) is 0. The molecular weight excluding hydrogens is 593 g/mol. The van der Waals surface area contributed by atoms with Gasteiger partial charge in [0.15, 0.2) is 0 Å². The van der Waals surface area contributed by atoms with Crippen LogP contribution in [-0.4, -0.2) is 10.5 Å². The van der Waals surface area contributed by atoms with E-state index in [1.807, 2.05) is 0 Å². The lowest BCUT2D eigenvalue weighted by atomic mass is 9.92. The number of benzene rings is 8. The highest BCUT2D eigenvalue weighted by molar-refractivity contribution is 8.10. The molecule has 46 heavy (non-hydrogen) atoms. The molecule has 0 saturated carbocycles. The van der Waals surface area contributed by atoms with E-state index in [0.717, 1.165) is 6.42 Å². The Morgan fingerprint density at radius 3 is 1.41 bits per heavy atom. The maximum atomic E-state index is 2.51. The molecule has 1 saturated heterocycles. The van der Waals surface area contributed by atoms with E-state index in [0.29, 0.717) is 15.7 Å². The molecule has 8 aromatic carbocycles. The third kappa shape index (κ3) is 4.16. The zero-order valence-corrected chi connectivity index (χ0v) is 27.1. The van der Waals surface area contributed by atoms with E-state index < -0.39 is 0 Å². The van der Waals surface area contributed by atoms with Gasteiger partial charge in [0.1, 0.15) is 0 Å². The molecule has 0 aromatic heterocycles. The van der Waals surface area contributed by atoms with Crippen LogP contribution in [0.3, 0.4) is 0 Å². The number of hydrogen-bond acceptors (Lipinski definition) is 2. The maximum Gasteiger partial charge on any atom is 0.0301 e. The fourth-order valence-electron chi connectivity index (χ4n) is 8.26. The van der Waals surface area contributed by atoms with Crippen molar-refractivity contribution in [1.82, 2.24) is 0 Å². The molecule has 10 rings (SSSR count). The van der Waals surface area contributed by atoms with E-state index >= 15 is 0 Å². The summed E-state index contributed by atoms with van der Waals surface area (Å²) in [4.78, 5) is 1.46. The van der Waals surface area contributed by atoms with E-state index in [1.54, 1.807) is 0 Å². The molecule has 2 heteroatoms. The molecule has 0 radical (unpaired) electrons. The number of hydrogen-bond donors (Lipinski definition) is 0. The summed E-state index contributed by atoms with van der Waals surface area (Å²) >= 11 is 4.35. The average Bonchev–Trinajstić information content (AvgIpc) is 3.83. The second-order valence-electron chi connectivity index (χ2n) is 12.9. The van der Waals surface area contributed by atoms with Crippen molar-refractivity contribution < 1.29 is 0 Å². The van der Waals surface area contributed by atoms with Crippen molar-refractivity contribution in [3.8, 4) is 0 Å². The van der Waals surface area contributed by atoms with Gasteiger partial charge in [-0.3, -0.25) is 0 Å². The Kier molecular flexibility index (Phi) is 6.24. The summed E-state index contributed by atoms with van der Waals surface area (Å²) in [6, 6.07) is 50.1. The highest BCUT2D eigenvalue weighted by atomic mass is 32.2. The van der Waals surface area contributed by atoms with Gasteiger partial charge in [-0.2, -0.15) is 0 Å². The van der Waals surface area contributed by atoms with Crippen LogP contribution in [-0.2, 0) is 0 Å². The van der Waals surface area contributed by atoms with Gasteiger partial charge in [0.05, 0.1) is 0 Å². The smallest absolute Gasteiger partial charge is 0.0301 e.